The Morgan fingerprint density at radius 2 is 1.52 bits per heavy atom. The first-order valence-electron chi connectivity index (χ1n) is 11.0. The van der Waals surface area contributed by atoms with Crippen molar-refractivity contribution in [3.05, 3.63) is 59.7 Å². The number of nitrogens with zero attached hydrogens (tertiary/aromatic N) is 1. The van der Waals surface area contributed by atoms with E-state index in [2.05, 4.69) is 22.8 Å². The van der Waals surface area contributed by atoms with E-state index in [-0.39, 0.29) is 25.0 Å². The number of amides is 2. The molecule has 1 unspecified atom stereocenters. The number of rotatable bonds is 9. The Balaban J connectivity index is 1.65. The molecule has 176 valence electrons. The number of carboxylic acids is 1. The molecule has 2 amide bonds. The van der Waals surface area contributed by atoms with Crippen molar-refractivity contribution < 1.29 is 24.2 Å². The highest BCUT2D eigenvalue weighted by molar-refractivity contribution is 5.89. The van der Waals surface area contributed by atoms with Crippen molar-refractivity contribution in [2.45, 2.75) is 31.8 Å². The molecule has 0 aromatic heterocycles. The van der Waals surface area contributed by atoms with Gasteiger partial charge in [0.2, 0.25) is 5.91 Å². The fourth-order valence-electron chi connectivity index (χ4n) is 4.11. The number of carbonyl (C=O) groups excluding carboxylic acids is 2. The number of carboxylic acid groups (broad SMARTS) is 1. The lowest BCUT2D eigenvalue weighted by Gasteiger charge is -2.25. The summed E-state index contributed by atoms with van der Waals surface area (Å²) in [6.07, 6.45) is -0.717. The average Bonchev–Trinajstić information content (AvgIpc) is 3.08. The lowest BCUT2D eigenvalue weighted by atomic mass is 9.98. The van der Waals surface area contributed by atoms with Crippen LogP contribution < -0.4 is 10.6 Å². The monoisotopic (exact) mass is 453 g/mol. The second-order valence-corrected chi connectivity index (χ2v) is 8.85. The van der Waals surface area contributed by atoms with Gasteiger partial charge in [-0.25, -0.2) is 9.59 Å². The molecule has 0 bridgehead atoms. The molecule has 0 fully saturated rings. The molecule has 2 aromatic carbocycles. The molecule has 1 aliphatic rings. The van der Waals surface area contributed by atoms with Crippen molar-refractivity contribution in [1.82, 2.24) is 15.5 Å². The van der Waals surface area contributed by atoms with Crippen molar-refractivity contribution in [2.75, 3.05) is 27.2 Å². The summed E-state index contributed by atoms with van der Waals surface area (Å²) in [5.41, 5.74) is 4.44. The maximum absolute atomic E-state index is 12.7. The molecule has 2 aromatic rings. The van der Waals surface area contributed by atoms with Gasteiger partial charge >= 0.3 is 12.1 Å². The van der Waals surface area contributed by atoms with Gasteiger partial charge in [-0.1, -0.05) is 62.4 Å². The molecule has 0 radical (unpaired) electrons. The maximum atomic E-state index is 12.7. The fourth-order valence-corrected chi connectivity index (χ4v) is 4.11. The number of carbonyl (C=O) groups is 3. The van der Waals surface area contributed by atoms with E-state index in [9.17, 15) is 19.5 Å². The predicted molar refractivity (Wildman–Crippen MR) is 125 cm³/mol. The first-order chi connectivity index (χ1) is 15.7. The number of nitrogens with one attached hydrogen (secondary N) is 2. The molecule has 8 heteroatoms. The number of alkyl carbamates (subject to hydrolysis) is 1. The Bertz CT molecular complexity index is 975. The van der Waals surface area contributed by atoms with Crippen LogP contribution in [0.3, 0.4) is 0 Å². The van der Waals surface area contributed by atoms with Crippen molar-refractivity contribution in [3.8, 4) is 11.1 Å². The van der Waals surface area contributed by atoms with E-state index in [1.807, 2.05) is 36.4 Å². The van der Waals surface area contributed by atoms with Gasteiger partial charge in [0.1, 0.15) is 18.7 Å². The molecule has 3 rings (SSSR count). The number of hydrogen-bond acceptors (Lipinski definition) is 5. The van der Waals surface area contributed by atoms with Crippen molar-refractivity contribution in [3.63, 3.8) is 0 Å². The minimum atomic E-state index is -1.14. The van der Waals surface area contributed by atoms with Crippen LogP contribution in [0.2, 0.25) is 0 Å². The van der Waals surface area contributed by atoms with Crippen LogP contribution in [0.1, 0.15) is 30.9 Å². The highest BCUT2D eigenvalue weighted by Gasteiger charge is 2.31. The quantitative estimate of drug-likeness (QED) is 0.539. The zero-order valence-corrected chi connectivity index (χ0v) is 19.4. The van der Waals surface area contributed by atoms with E-state index >= 15 is 0 Å². The summed E-state index contributed by atoms with van der Waals surface area (Å²) in [5, 5.41) is 14.5. The Kier molecular flexibility index (Phi) is 7.71. The fraction of sp³-hybridized carbons (Fsp3) is 0.400. The maximum Gasteiger partial charge on any atom is 0.407 e. The van der Waals surface area contributed by atoms with Crippen molar-refractivity contribution >= 4 is 18.0 Å². The van der Waals surface area contributed by atoms with Gasteiger partial charge in [0.15, 0.2) is 0 Å². The van der Waals surface area contributed by atoms with E-state index in [1.54, 1.807) is 32.8 Å². The number of aliphatic carboxylic acids is 1. The van der Waals surface area contributed by atoms with Crippen LogP contribution in [0.15, 0.2) is 48.5 Å². The minimum Gasteiger partial charge on any atom is -0.480 e. The second-order valence-electron chi connectivity index (χ2n) is 8.85. The molecule has 0 aliphatic heterocycles. The molecule has 2 atom stereocenters. The summed E-state index contributed by atoms with van der Waals surface area (Å²) in [4.78, 5) is 38.5. The van der Waals surface area contributed by atoms with Crippen molar-refractivity contribution in [2.24, 2.45) is 5.92 Å². The van der Waals surface area contributed by atoms with Gasteiger partial charge in [-0.3, -0.25) is 4.79 Å². The molecule has 1 aliphatic carbocycles. The third-order valence-electron chi connectivity index (χ3n) is 5.73. The van der Waals surface area contributed by atoms with Gasteiger partial charge in [-0.2, -0.15) is 0 Å². The summed E-state index contributed by atoms with van der Waals surface area (Å²) >= 11 is 0. The summed E-state index contributed by atoms with van der Waals surface area (Å²) in [6, 6.07) is 14.1. The number of benzene rings is 2. The normalized spacial score (nSPS) is 14.4. The van der Waals surface area contributed by atoms with Gasteiger partial charge in [0.25, 0.3) is 0 Å². The van der Waals surface area contributed by atoms with Crippen molar-refractivity contribution in [1.29, 1.82) is 0 Å². The number of fused-ring (bicyclic) bond motifs is 3. The summed E-state index contributed by atoms with van der Waals surface area (Å²) in [6.45, 7) is 3.81. The van der Waals surface area contributed by atoms with Gasteiger partial charge in [-0.15, -0.1) is 0 Å². The van der Waals surface area contributed by atoms with Crippen LogP contribution in [0, 0.1) is 5.92 Å². The number of hydrogen-bond donors (Lipinski definition) is 3. The van der Waals surface area contributed by atoms with E-state index < -0.39 is 30.1 Å². The number of ether oxygens (including phenoxy) is 1. The Morgan fingerprint density at radius 3 is 2.00 bits per heavy atom. The first-order valence-corrected chi connectivity index (χ1v) is 11.0. The van der Waals surface area contributed by atoms with Crippen LogP contribution in [0.5, 0.6) is 0 Å². The number of likely N-dealkylation sites (N-methyl/N-ethyl adjacent to an activating group) is 1. The van der Waals surface area contributed by atoms with Gasteiger partial charge in [-0.05, 0) is 42.3 Å². The lowest BCUT2D eigenvalue weighted by molar-refractivity contribution is -0.142. The zero-order chi connectivity index (χ0) is 24.1. The highest BCUT2D eigenvalue weighted by atomic mass is 16.5. The van der Waals surface area contributed by atoms with Crippen LogP contribution in [-0.2, 0) is 14.3 Å². The molecule has 0 heterocycles. The van der Waals surface area contributed by atoms with Crippen LogP contribution >= 0.6 is 0 Å². The predicted octanol–water partition coefficient (Wildman–Crippen LogP) is 2.68. The summed E-state index contributed by atoms with van der Waals surface area (Å²) in [7, 11) is 3.44. The van der Waals surface area contributed by atoms with Crippen LogP contribution in [0.4, 0.5) is 4.79 Å². The van der Waals surface area contributed by atoms with Crippen LogP contribution in [-0.4, -0.2) is 67.3 Å². The second kappa shape index (κ2) is 10.5. The molecule has 0 saturated carbocycles. The van der Waals surface area contributed by atoms with Gasteiger partial charge in [0, 0.05) is 12.5 Å². The Hall–Kier alpha value is -3.39. The average molecular weight is 454 g/mol. The van der Waals surface area contributed by atoms with E-state index in [0.29, 0.717) is 0 Å². The van der Waals surface area contributed by atoms with E-state index in [1.165, 1.54) is 0 Å². The third kappa shape index (κ3) is 5.70. The molecule has 33 heavy (non-hydrogen) atoms. The highest BCUT2D eigenvalue weighted by Crippen LogP contribution is 2.44. The Labute approximate surface area is 193 Å². The van der Waals surface area contributed by atoms with Gasteiger partial charge < -0.3 is 25.4 Å². The summed E-state index contributed by atoms with van der Waals surface area (Å²) < 4.78 is 5.53. The molecule has 0 saturated heterocycles. The molecule has 8 nitrogen and oxygen atoms in total. The SMILES string of the molecule is CC(C)[C@H](NC(=O)OCC1c2ccccc2-c2ccccc21)C(=O)NC(CN(C)C)C(=O)O. The topological polar surface area (TPSA) is 108 Å². The van der Waals surface area contributed by atoms with Gasteiger partial charge in [0.05, 0.1) is 0 Å². The third-order valence-corrected chi connectivity index (χ3v) is 5.73. The lowest BCUT2D eigenvalue weighted by Crippen LogP contribution is -2.55. The molecule has 3 N–H and O–H groups in total. The largest absolute Gasteiger partial charge is 0.480 e. The minimum absolute atomic E-state index is 0.0917. The van der Waals surface area contributed by atoms with Crippen LogP contribution in [0.25, 0.3) is 11.1 Å². The zero-order valence-electron chi connectivity index (χ0n) is 19.4. The molecular weight excluding hydrogens is 422 g/mol. The first kappa shape index (κ1) is 24.3. The van der Waals surface area contributed by atoms with E-state index in [0.717, 1.165) is 22.3 Å². The smallest absolute Gasteiger partial charge is 0.407 e. The van der Waals surface area contributed by atoms with E-state index in [4.69, 9.17) is 4.74 Å². The molecule has 0 spiro atoms. The Morgan fingerprint density at radius 1 is 0.970 bits per heavy atom. The standard InChI is InChI=1S/C25H31N3O5/c1-15(2)22(23(29)26-21(24(30)31)13-28(3)4)27-25(32)33-14-20-18-11-7-5-9-16(18)17-10-6-8-12-19(17)20/h5-12,15,20-22H,13-14H2,1-4H3,(H,26,29)(H,27,32)(H,30,31)/t21?,22-/m0/s1. The summed E-state index contributed by atoms with van der Waals surface area (Å²) in [5.74, 6) is -2.06. The molecular formula is C25H31N3O5.